The van der Waals surface area contributed by atoms with Gasteiger partial charge in [0.05, 0.1) is 6.61 Å². The topological polar surface area (TPSA) is 15.7 Å². The molecule has 0 aromatic heterocycles. The fourth-order valence-corrected chi connectivity index (χ4v) is 7.82. The number of hydrogen-bond acceptors (Lipinski definition) is 3. The standard InChI is InChI=1S/C30H39FN2O/c1-32(2)15-3-14-30(25-9-11-26(31)12-10-25)29-13-4-21(16-24(29)20-34-30)17-33-18-27-22-5-6-23(8-7-22)28(27)19-33/h4,9-13,16,22-23,27-28H,3,5-8,14-15,17-20H2,1-2H3. The van der Waals surface area contributed by atoms with Gasteiger partial charge in [-0.3, -0.25) is 4.90 Å². The van der Waals surface area contributed by atoms with Gasteiger partial charge in [-0.05, 0) is 117 Å². The second-order valence-electron chi connectivity index (χ2n) is 11.7. The van der Waals surface area contributed by atoms with Gasteiger partial charge < -0.3 is 9.64 Å². The van der Waals surface area contributed by atoms with Crippen LogP contribution in [0.4, 0.5) is 4.39 Å². The first-order valence-corrected chi connectivity index (χ1v) is 13.4. The minimum atomic E-state index is -0.473. The number of halogens is 1. The van der Waals surface area contributed by atoms with Crippen molar-refractivity contribution in [1.29, 1.82) is 0 Å². The highest BCUT2D eigenvalue weighted by atomic mass is 19.1. The third-order valence-corrected chi connectivity index (χ3v) is 9.45. The Hall–Kier alpha value is -1.75. The number of hydrogen-bond donors (Lipinski definition) is 0. The van der Waals surface area contributed by atoms with Crippen LogP contribution in [0, 0.1) is 29.5 Å². The Morgan fingerprint density at radius 3 is 2.29 bits per heavy atom. The SMILES string of the molecule is CN(C)CCCC1(c2ccc(F)cc2)OCc2cc(CN3CC4C5CCC(CC5)C4C3)ccc21. The van der Waals surface area contributed by atoms with E-state index in [1.54, 1.807) is 12.1 Å². The van der Waals surface area contributed by atoms with Gasteiger partial charge in [-0.2, -0.15) is 0 Å². The second kappa shape index (κ2) is 9.04. The molecule has 2 aliphatic heterocycles. The van der Waals surface area contributed by atoms with Crippen molar-refractivity contribution < 1.29 is 9.13 Å². The molecule has 34 heavy (non-hydrogen) atoms. The summed E-state index contributed by atoms with van der Waals surface area (Å²) >= 11 is 0. The highest BCUT2D eigenvalue weighted by Gasteiger charge is 2.48. The van der Waals surface area contributed by atoms with Crippen LogP contribution >= 0.6 is 0 Å². The minimum absolute atomic E-state index is 0.194. The fraction of sp³-hybridized carbons (Fsp3) is 0.600. The summed E-state index contributed by atoms with van der Waals surface area (Å²) in [5.41, 5.74) is 4.59. The van der Waals surface area contributed by atoms with Crippen LogP contribution in [0.3, 0.4) is 0 Å². The van der Waals surface area contributed by atoms with Crippen LogP contribution < -0.4 is 0 Å². The Bertz CT molecular complexity index is 993. The lowest BCUT2D eigenvalue weighted by atomic mass is 9.60. The fourth-order valence-electron chi connectivity index (χ4n) is 7.82. The maximum atomic E-state index is 13.7. The molecule has 2 bridgehead atoms. The van der Waals surface area contributed by atoms with Gasteiger partial charge in [0, 0.05) is 19.6 Å². The normalized spacial score (nSPS) is 32.4. The van der Waals surface area contributed by atoms with Gasteiger partial charge in [-0.25, -0.2) is 4.39 Å². The molecule has 182 valence electrons. The summed E-state index contributed by atoms with van der Waals surface area (Å²) in [5.74, 6) is 3.69. The number of nitrogens with zero attached hydrogens (tertiary/aromatic N) is 2. The average Bonchev–Trinajstić information content (AvgIpc) is 3.43. The monoisotopic (exact) mass is 462 g/mol. The zero-order valence-corrected chi connectivity index (χ0v) is 20.8. The molecule has 2 heterocycles. The molecule has 3 unspecified atom stereocenters. The van der Waals surface area contributed by atoms with Crippen LogP contribution in [0.25, 0.3) is 0 Å². The Kier molecular flexibility index (Phi) is 6.03. The predicted octanol–water partition coefficient (Wildman–Crippen LogP) is 5.81. The lowest BCUT2D eigenvalue weighted by Crippen LogP contribution is -2.38. The summed E-state index contributed by atoms with van der Waals surface area (Å²) < 4.78 is 20.3. The molecule has 4 fully saturated rings. The van der Waals surface area contributed by atoms with E-state index in [1.807, 2.05) is 12.1 Å². The van der Waals surface area contributed by atoms with Crippen LogP contribution in [0.15, 0.2) is 42.5 Å². The van der Waals surface area contributed by atoms with E-state index < -0.39 is 5.60 Å². The van der Waals surface area contributed by atoms with Crippen molar-refractivity contribution in [3.05, 3.63) is 70.5 Å². The van der Waals surface area contributed by atoms with Crippen LogP contribution in [0.5, 0.6) is 0 Å². The van der Waals surface area contributed by atoms with Crippen molar-refractivity contribution in [2.45, 2.75) is 57.3 Å². The molecular weight excluding hydrogens is 423 g/mol. The zero-order chi connectivity index (χ0) is 23.3. The Labute approximate surface area is 204 Å². The third kappa shape index (κ3) is 4.02. The number of benzene rings is 2. The lowest BCUT2D eigenvalue weighted by Gasteiger charge is -2.45. The third-order valence-electron chi connectivity index (χ3n) is 9.45. The Balaban J connectivity index is 1.22. The summed E-state index contributed by atoms with van der Waals surface area (Å²) in [5, 5.41) is 0. The van der Waals surface area contributed by atoms with E-state index in [2.05, 4.69) is 42.1 Å². The molecule has 0 spiro atoms. The van der Waals surface area contributed by atoms with Crippen molar-refractivity contribution >= 4 is 0 Å². The molecule has 2 aromatic rings. The summed E-state index contributed by atoms with van der Waals surface area (Å²) in [6.45, 7) is 5.30. The van der Waals surface area contributed by atoms with Gasteiger partial charge >= 0.3 is 0 Å². The minimum Gasteiger partial charge on any atom is -0.361 e. The molecule has 4 heteroatoms. The Morgan fingerprint density at radius 1 is 0.971 bits per heavy atom. The predicted molar refractivity (Wildman–Crippen MR) is 134 cm³/mol. The van der Waals surface area contributed by atoms with Crippen molar-refractivity contribution in [2.75, 3.05) is 33.7 Å². The van der Waals surface area contributed by atoms with E-state index in [4.69, 9.17) is 4.74 Å². The molecule has 3 saturated carbocycles. The van der Waals surface area contributed by atoms with E-state index in [0.29, 0.717) is 6.61 Å². The molecule has 0 amide bonds. The van der Waals surface area contributed by atoms with Crippen LogP contribution in [0.1, 0.15) is 60.8 Å². The van der Waals surface area contributed by atoms with Crippen molar-refractivity contribution in [2.24, 2.45) is 23.7 Å². The molecule has 7 rings (SSSR count). The van der Waals surface area contributed by atoms with E-state index in [9.17, 15) is 4.39 Å². The van der Waals surface area contributed by atoms with Crippen molar-refractivity contribution in [3.63, 3.8) is 0 Å². The van der Waals surface area contributed by atoms with E-state index in [0.717, 1.165) is 55.2 Å². The summed E-state index contributed by atoms with van der Waals surface area (Å²) in [4.78, 5) is 4.95. The van der Waals surface area contributed by atoms with Gasteiger partial charge in [0.2, 0.25) is 0 Å². The first kappa shape index (κ1) is 22.7. The molecule has 3 atom stereocenters. The molecular formula is C30H39FN2O. The zero-order valence-electron chi connectivity index (χ0n) is 20.8. The number of likely N-dealkylation sites (tertiary alicyclic amines) is 1. The number of ether oxygens (including phenoxy) is 1. The molecule has 1 saturated heterocycles. The largest absolute Gasteiger partial charge is 0.361 e. The molecule has 2 aromatic carbocycles. The average molecular weight is 463 g/mol. The van der Waals surface area contributed by atoms with E-state index >= 15 is 0 Å². The van der Waals surface area contributed by atoms with Gasteiger partial charge in [-0.1, -0.05) is 30.3 Å². The molecule has 3 nitrogen and oxygen atoms in total. The van der Waals surface area contributed by atoms with Gasteiger partial charge in [0.25, 0.3) is 0 Å². The Morgan fingerprint density at radius 2 is 1.65 bits per heavy atom. The van der Waals surface area contributed by atoms with Crippen molar-refractivity contribution in [1.82, 2.24) is 9.80 Å². The summed E-state index contributed by atoms with van der Waals surface area (Å²) in [6.07, 6.45) is 7.86. The first-order valence-electron chi connectivity index (χ1n) is 13.4. The molecule has 3 aliphatic carbocycles. The van der Waals surface area contributed by atoms with Crippen LogP contribution in [0.2, 0.25) is 0 Å². The van der Waals surface area contributed by atoms with E-state index in [1.165, 1.54) is 55.5 Å². The summed E-state index contributed by atoms with van der Waals surface area (Å²) in [7, 11) is 4.22. The van der Waals surface area contributed by atoms with E-state index in [-0.39, 0.29) is 5.82 Å². The maximum absolute atomic E-state index is 13.7. The van der Waals surface area contributed by atoms with Gasteiger partial charge in [-0.15, -0.1) is 0 Å². The lowest BCUT2D eigenvalue weighted by molar-refractivity contribution is -0.0140. The highest BCUT2D eigenvalue weighted by Crippen LogP contribution is 2.52. The molecule has 5 aliphatic rings. The van der Waals surface area contributed by atoms with Gasteiger partial charge in [0.15, 0.2) is 0 Å². The quantitative estimate of drug-likeness (QED) is 0.516. The number of rotatable bonds is 7. The summed E-state index contributed by atoms with van der Waals surface area (Å²) in [6, 6.07) is 14.0. The molecule has 0 radical (unpaired) electrons. The second-order valence-corrected chi connectivity index (χ2v) is 11.7. The molecule has 0 N–H and O–H groups in total. The van der Waals surface area contributed by atoms with Crippen LogP contribution in [-0.4, -0.2) is 43.5 Å². The van der Waals surface area contributed by atoms with Gasteiger partial charge in [0.1, 0.15) is 11.4 Å². The number of fused-ring (bicyclic) bond motifs is 3. The first-order chi connectivity index (χ1) is 16.5. The van der Waals surface area contributed by atoms with Crippen molar-refractivity contribution in [3.8, 4) is 0 Å². The highest BCUT2D eigenvalue weighted by molar-refractivity contribution is 5.45. The maximum Gasteiger partial charge on any atom is 0.123 e. The van der Waals surface area contributed by atoms with Crippen LogP contribution in [-0.2, 0) is 23.5 Å². The smallest absolute Gasteiger partial charge is 0.123 e.